The smallest absolute Gasteiger partial charge is 0.213 e. The summed E-state index contributed by atoms with van der Waals surface area (Å²) in [5.41, 5.74) is 0. The average Bonchev–Trinajstić information content (AvgIpc) is 2.33. The lowest BCUT2D eigenvalue weighted by atomic mass is 10.0. The van der Waals surface area contributed by atoms with E-state index in [0.29, 0.717) is 12.5 Å². The molecule has 0 aliphatic carbocycles. The van der Waals surface area contributed by atoms with Crippen LogP contribution in [0.25, 0.3) is 0 Å². The number of likely N-dealkylation sites (tertiary alicyclic amines) is 1. The third-order valence-corrected chi connectivity index (χ3v) is 4.81. The van der Waals surface area contributed by atoms with Crippen molar-refractivity contribution in [3.8, 4) is 0 Å². The van der Waals surface area contributed by atoms with E-state index in [9.17, 15) is 8.42 Å². The zero-order chi connectivity index (χ0) is 15.2. The molecule has 0 bridgehead atoms. The Morgan fingerprint density at radius 1 is 1.43 bits per heavy atom. The van der Waals surface area contributed by atoms with E-state index in [-0.39, 0.29) is 35.8 Å². The average molecular weight is 432 g/mol. The van der Waals surface area contributed by atoms with E-state index in [4.69, 9.17) is 0 Å². The molecule has 0 aromatic heterocycles. The second kappa shape index (κ2) is 9.83. The molecular formula is C13H29IN4O2S. The molecule has 1 aliphatic heterocycles. The summed E-state index contributed by atoms with van der Waals surface area (Å²) >= 11 is 0. The van der Waals surface area contributed by atoms with Crippen LogP contribution in [-0.2, 0) is 10.0 Å². The van der Waals surface area contributed by atoms with Crippen molar-refractivity contribution in [3.05, 3.63) is 0 Å². The SMILES string of the molecule is CN=C(NCCS(=O)(=O)NC(C)C)N1CCCC(C)C1.I. The first-order valence-corrected chi connectivity index (χ1v) is 8.95. The summed E-state index contributed by atoms with van der Waals surface area (Å²) in [6, 6.07) is -0.0674. The molecule has 1 aliphatic rings. The van der Waals surface area contributed by atoms with E-state index in [0.717, 1.165) is 25.5 Å². The Bertz CT molecular complexity index is 426. The second-order valence-corrected chi connectivity index (χ2v) is 7.63. The molecular weight excluding hydrogens is 403 g/mol. The van der Waals surface area contributed by atoms with Crippen molar-refractivity contribution >= 4 is 40.0 Å². The Labute approximate surface area is 146 Å². The Morgan fingerprint density at radius 3 is 2.62 bits per heavy atom. The Hall–Kier alpha value is -0.0900. The normalized spacial score (nSPS) is 20.3. The maximum Gasteiger partial charge on any atom is 0.213 e. The van der Waals surface area contributed by atoms with E-state index < -0.39 is 10.0 Å². The fraction of sp³-hybridized carbons (Fsp3) is 0.923. The van der Waals surface area contributed by atoms with Gasteiger partial charge in [0.15, 0.2) is 5.96 Å². The highest BCUT2D eigenvalue weighted by molar-refractivity contribution is 14.0. The number of rotatable bonds is 5. The quantitative estimate of drug-likeness (QED) is 0.390. The molecule has 0 amide bonds. The van der Waals surface area contributed by atoms with Crippen molar-refractivity contribution in [1.29, 1.82) is 0 Å². The fourth-order valence-corrected chi connectivity index (χ4v) is 3.64. The van der Waals surface area contributed by atoms with Crippen molar-refractivity contribution in [2.24, 2.45) is 10.9 Å². The van der Waals surface area contributed by atoms with E-state index in [1.54, 1.807) is 7.05 Å². The molecule has 21 heavy (non-hydrogen) atoms. The van der Waals surface area contributed by atoms with Crippen LogP contribution in [0.5, 0.6) is 0 Å². The number of hydrogen-bond donors (Lipinski definition) is 2. The first-order chi connectivity index (χ1) is 9.34. The van der Waals surface area contributed by atoms with E-state index >= 15 is 0 Å². The number of piperidine rings is 1. The van der Waals surface area contributed by atoms with Crippen LogP contribution < -0.4 is 10.0 Å². The van der Waals surface area contributed by atoms with Crippen LogP contribution in [0, 0.1) is 5.92 Å². The van der Waals surface area contributed by atoms with Crippen molar-refractivity contribution in [3.63, 3.8) is 0 Å². The van der Waals surface area contributed by atoms with Gasteiger partial charge in [-0.25, -0.2) is 13.1 Å². The summed E-state index contributed by atoms with van der Waals surface area (Å²) < 4.78 is 26.0. The minimum Gasteiger partial charge on any atom is -0.355 e. The van der Waals surface area contributed by atoms with Gasteiger partial charge in [-0.2, -0.15) is 0 Å². The van der Waals surface area contributed by atoms with Crippen LogP contribution in [0.4, 0.5) is 0 Å². The lowest BCUT2D eigenvalue weighted by Crippen LogP contribution is -2.47. The number of guanidine groups is 1. The Morgan fingerprint density at radius 2 is 2.10 bits per heavy atom. The van der Waals surface area contributed by atoms with Gasteiger partial charge in [-0.15, -0.1) is 24.0 Å². The predicted molar refractivity (Wildman–Crippen MR) is 98.8 cm³/mol. The summed E-state index contributed by atoms with van der Waals surface area (Å²) in [5, 5.41) is 3.15. The van der Waals surface area contributed by atoms with Crippen molar-refractivity contribution in [2.75, 3.05) is 32.4 Å². The lowest BCUT2D eigenvalue weighted by Gasteiger charge is -2.33. The third kappa shape index (κ3) is 8.20. The van der Waals surface area contributed by atoms with Gasteiger partial charge >= 0.3 is 0 Å². The molecule has 6 nitrogen and oxygen atoms in total. The van der Waals surface area contributed by atoms with Crippen molar-refractivity contribution in [2.45, 2.75) is 39.7 Å². The van der Waals surface area contributed by atoms with Gasteiger partial charge in [0.25, 0.3) is 0 Å². The molecule has 1 saturated heterocycles. The zero-order valence-electron chi connectivity index (χ0n) is 13.4. The minimum absolute atomic E-state index is 0. The molecule has 0 aromatic carbocycles. The van der Waals surface area contributed by atoms with Gasteiger partial charge < -0.3 is 10.2 Å². The van der Waals surface area contributed by atoms with Crippen LogP contribution in [0.3, 0.4) is 0 Å². The van der Waals surface area contributed by atoms with Crippen LogP contribution in [-0.4, -0.2) is 57.8 Å². The van der Waals surface area contributed by atoms with Gasteiger partial charge in [0.2, 0.25) is 10.0 Å². The van der Waals surface area contributed by atoms with Crippen molar-refractivity contribution < 1.29 is 8.42 Å². The predicted octanol–water partition coefficient (Wildman–Crippen LogP) is 1.24. The van der Waals surface area contributed by atoms with Crippen LogP contribution in [0.2, 0.25) is 0 Å². The van der Waals surface area contributed by atoms with E-state index in [1.807, 2.05) is 13.8 Å². The molecule has 1 atom stereocenters. The van der Waals surface area contributed by atoms with Gasteiger partial charge in [0.05, 0.1) is 5.75 Å². The largest absolute Gasteiger partial charge is 0.355 e. The van der Waals surface area contributed by atoms with Crippen LogP contribution >= 0.6 is 24.0 Å². The molecule has 0 radical (unpaired) electrons. The van der Waals surface area contributed by atoms with Gasteiger partial charge in [0, 0.05) is 32.7 Å². The van der Waals surface area contributed by atoms with E-state index in [2.05, 4.69) is 26.9 Å². The fourth-order valence-electron chi connectivity index (χ4n) is 2.43. The number of halogens is 1. The van der Waals surface area contributed by atoms with E-state index in [1.165, 1.54) is 6.42 Å². The maximum absolute atomic E-state index is 11.7. The van der Waals surface area contributed by atoms with Gasteiger partial charge in [0.1, 0.15) is 0 Å². The number of aliphatic imine (C=N–C) groups is 1. The number of hydrogen-bond acceptors (Lipinski definition) is 3. The second-order valence-electron chi connectivity index (χ2n) is 5.76. The van der Waals surface area contributed by atoms with Crippen molar-refractivity contribution in [1.82, 2.24) is 14.9 Å². The summed E-state index contributed by atoms with van der Waals surface area (Å²) in [7, 11) is -1.47. The lowest BCUT2D eigenvalue weighted by molar-refractivity contribution is 0.266. The standard InChI is InChI=1S/C13H28N4O2S.HI/c1-11(2)16-20(18,19)9-7-15-13(14-4)17-8-5-6-12(3)10-17;/h11-12,16H,5-10H2,1-4H3,(H,14,15);1H. The van der Waals surface area contributed by atoms with Crippen LogP contribution in [0.15, 0.2) is 4.99 Å². The molecule has 1 rings (SSSR count). The molecule has 0 saturated carbocycles. The topological polar surface area (TPSA) is 73.8 Å². The highest BCUT2D eigenvalue weighted by atomic mass is 127. The van der Waals surface area contributed by atoms with Gasteiger partial charge in [-0.1, -0.05) is 6.92 Å². The molecule has 2 N–H and O–H groups in total. The highest BCUT2D eigenvalue weighted by Crippen LogP contribution is 2.15. The number of nitrogens with one attached hydrogen (secondary N) is 2. The van der Waals surface area contributed by atoms with Crippen LogP contribution in [0.1, 0.15) is 33.6 Å². The summed E-state index contributed by atoms with van der Waals surface area (Å²) in [4.78, 5) is 6.45. The van der Waals surface area contributed by atoms with Gasteiger partial charge in [-0.3, -0.25) is 4.99 Å². The molecule has 8 heteroatoms. The third-order valence-electron chi connectivity index (χ3n) is 3.24. The minimum atomic E-state index is -3.21. The Kier molecular flexibility index (Phi) is 9.79. The maximum atomic E-state index is 11.7. The number of sulfonamides is 1. The molecule has 0 aromatic rings. The first-order valence-electron chi connectivity index (χ1n) is 7.29. The summed E-state index contributed by atoms with van der Waals surface area (Å²) in [6.07, 6.45) is 2.41. The zero-order valence-corrected chi connectivity index (χ0v) is 16.6. The summed E-state index contributed by atoms with van der Waals surface area (Å²) in [6.45, 7) is 8.21. The number of nitrogens with zero attached hydrogens (tertiary/aromatic N) is 2. The first kappa shape index (κ1) is 20.9. The Balaban J connectivity index is 0.00000400. The van der Waals surface area contributed by atoms with Gasteiger partial charge in [-0.05, 0) is 32.6 Å². The molecule has 1 heterocycles. The monoisotopic (exact) mass is 432 g/mol. The molecule has 1 fully saturated rings. The molecule has 1 unspecified atom stereocenters. The summed E-state index contributed by atoms with van der Waals surface area (Å²) in [5.74, 6) is 1.53. The highest BCUT2D eigenvalue weighted by Gasteiger charge is 2.19. The molecule has 126 valence electrons. The molecule has 0 spiro atoms.